The molecule has 0 amide bonds. The summed E-state index contributed by atoms with van der Waals surface area (Å²) in [6.07, 6.45) is 1.79. The number of aliphatic carboxylic acids is 1. The third-order valence-electron chi connectivity index (χ3n) is 3.25. The van der Waals surface area contributed by atoms with Crippen LogP contribution in [0.3, 0.4) is 0 Å². The number of anilines is 1. The number of carboxylic acid groups (broad SMARTS) is 1. The SMILES string of the molecule is CCc1cccc(NCC2CCC(C(=O)O)O2)c1. The van der Waals surface area contributed by atoms with Crippen molar-refractivity contribution >= 4 is 11.7 Å². The minimum Gasteiger partial charge on any atom is -0.479 e. The number of ether oxygens (including phenoxy) is 1. The van der Waals surface area contributed by atoms with Crippen molar-refractivity contribution in [2.24, 2.45) is 0 Å². The first-order valence-electron chi connectivity index (χ1n) is 6.40. The van der Waals surface area contributed by atoms with Crippen LogP contribution < -0.4 is 5.32 Å². The molecule has 0 bridgehead atoms. The largest absolute Gasteiger partial charge is 0.479 e. The number of rotatable bonds is 5. The van der Waals surface area contributed by atoms with Gasteiger partial charge in [0.05, 0.1) is 6.10 Å². The Hall–Kier alpha value is -1.55. The summed E-state index contributed by atoms with van der Waals surface area (Å²) in [5.74, 6) is -0.856. The number of nitrogens with one attached hydrogen (secondary N) is 1. The lowest BCUT2D eigenvalue weighted by molar-refractivity contribution is -0.149. The Balaban J connectivity index is 1.83. The first-order chi connectivity index (χ1) is 8.69. The fraction of sp³-hybridized carbons (Fsp3) is 0.500. The van der Waals surface area contributed by atoms with Crippen molar-refractivity contribution in [3.63, 3.8) is 0 Å². The maximum Gasteiger partial charge on any atom is 0.332 e. The molecule has 1 aliphatic heterocycles. The molecule has 4 nitrogen and oxygen atoms in total. The van der Waals surface area contributed by atoms with E-state index in [0.717, 1.165) is 18.5 Å². The summed E-state index contributed by atoms with van der Waals surface area (Å²) in [5.41, 5.74) is 2.35. The van der Waals surface area contributed by atoms with E-state index >= 15 is 0 Å². The topological polar surface area (TPSA) is 58.6 Å². The molecule has 2 rings (SSSR count). The Kier molecular flexibility index (Phi) is 4.20. The van der Waals surface area contributed by atoms with Crippen LogP contribution in [0.15, 0.2) is 24.3 Å². The lowest BCUT2D eigenvalue weighted by Gasteiger charge is -2.13. The van der Waals surface area contributed by atoms with Gasteiger partial charge >= 0.3 is 5.97 Å². The molecule has 0 aliphatic carbocycles. The summed E-state index contributed by atoms with van der Waals surface area (Å²) in [6.45, 7) is 2.79. The van der Waals surface area contributed by atoms with Gasteiger partial charge in [0, 0.05) is 12.2 Å². The monoisotopic (exact) mass is 249 g/mol. The number of benzene rings is 1. The molecule has 2 atom stereocenters. The maximum atomic E-state index is 10.8. The van der Waals surface area contributed by atoms with Gasteiger partial charge in [0.15, 0.2) is 6.10 Å². The van der Waals surface area contributed by atoms with Crippen LogP contribution in [-0.2, 0) is 16.0 Å². The van der Waals surface area contributed by atoms with Crippen molar-refractivity contribution in [3.8, 4) is 0 Å². The normalized spacial score (nSPS) is 22.9. The number of carbonyl (C=O) groups is 1. The molecule has 1 heterocycles. The highest BCUT2D eigenvalue weighted by Gasteiger charge is 2.30. The zero-order chi connectivity index (χ0) is 13.0. The number of hydrogen-bond donors (Lipinski definition) is 2. The van der Waals surface area contributed by atoms with Gasteiger partial charge in [0.1, 0.15) is 0 Å². The number of carboxylic acids is 1. The molecule has 1 aromatic rings. The van der Waals surface area contributed by atoms with E-state index in [4.69, 9.17) is 9.84 Å². The standard InChI is InChI=1S/C14H19NO3/c1-2-10-4-3-5-11(8-10)15-9-12-6-7-13(18-12)14(16)17/h3-5,8,12-13,15H,2,6-7,9H2,1H3,(H,16,17). The van der Waals surface area contributed by atoms with Gasteiger partial charge in [0.2, 0.25) is 0 Å². The van der Waals surface area contributed by atoms with Crippen LogP contribution in [0.4, 0.5) is 5.69 Å². The average molecular weight is 249 g/mol. The molecule has 1 aromatic carbocycles. The van der Waals surface area contributed by atoms with Crippen molar-refractivity contribution < 1.29 is 14.6 Å². The molecule has 1 aliphatic rings. The average Bonchev–Trinajstić information content (AvgIpc) is 2.85. The third kappa shape index (κ3) is 3.23. The molecule has 2 N–H and O–H groups in total. The molecule has 18 heavy (non-hydrogen) atoms. The Morgan fingerprint density at radius 3 is 3.00 bits per heavy atom. The predicted octanol–water partition coefficient (Wildman–Crippen LogP) is 2.29. The highest BCUT2D eigenvalue weighted by molar-refractivity contribution is 5.72. The fourth-order valence-electron chi connectivity index (χ4n) is 2.17. The van der Waals surface area contributed by atoms with Crippen LogP contribution >= 0.6 is 0 Å². The molecule has 2 unspecified atom stereocenters. The smallest absolute Gasteiger partial charge is 0.332 e. The Morgan fingerprint density at radius 1 is 1.50 bits per heavy atom. The lowest BCUT2D eigenvalue weighted by atomic mass is 10.1. The molecule has 1 fully saturated rings. The Labute approximate surface area is 107 Å². The second-order valence-corrected chi connectivity index (χ2v) is 4.60. The molecule has 1 saturated heterocycles. The van der Waals surface area contributed by atoms with Crippen molar-refractivity contribution in [1.82, 2.24) is 0 Å². The van der Waals surface area contributed by atoms with E-state index in [1.807, 2.05) is 12.1 Å². The molecule has 98 valence electrons. The van der Waals surface area contributed by atoms with E-state index in [1.54, 1.807) is 0 Å². The second kappa shape index (κ2) is 5.87. The predicted molar refractivity (Wildman–Crippen MR) is 69.8 cm³/mol. The quantitative estimate of drug-likeness (QED) is 0.840. The Bertz CT molecular complexity index is 419. The first kappa shape index (κ1) is 12.9. The van der Waals surface area contributed by atoms with Crippen LogP contribution in [0, 0.1) is 0 Å². The third-order valence-corrected chi connectivity index (χ3v) is 3.25. The van der Waals surface area contributed by atoms with E-state index in [2.05, 4.69) is 24.4 Å². The van der Waals surface area contributed by atoms with Gasteiger partial charge in [-0.05, 0) is 37.0 Å². The van der Waals surface area contributed by atoms with Gasteiger partial charge in [-0.2, -0.15) is 0 Å². The first-order valence-corrected chi connectivity index (χ1v) is 6.40. The molecule has 4 heteroatoms. The fourth-order valence-corrected chi connectivity index (χ4v) is 2.17. The van der Waals surface area contributed by atoms with E-state index < -0.39 is 12.1 Å². The van der Waals surface area contributed by atoms with Crippen molar-refractivity contribution in [3.05, 3.63) is 29.8 Å². The van der Waals surface area contributed by atoms with Gasteiger partial charge in [-0.15, -0.1) is 0 Å². The molecule has 0 radical (unpaired) electrons. The number of aryl methyl sites for hydroxylation is 1. The van der Waals surface area contributed by atoms with Gasteiger partial charge in [-0.1, -0.05) is 19.1 Å². The molecular formula is C14H19NO3. The molecule has 0 aromatic heterocycles. The van der Waals surface area contributed by atoms with Crippen molar-refractivity contribution in [2.75, 3.05) is 11.9 Å². The summed E-state index contributed by atoms with van der Waals surface area (Å²) < 4.78 is 5.44. The van der Waals surface area contributed by atoms with Gasteiger partial charge in [-0.25, -0.2) is 4.79 Å². The highest BCUT2D eigenvalue weighted by Crippen LogP contribution is 2.20. The minimum atomic E-state index is -0.856. The second-order valence-electron chi connectivity index (χ2n) is 4.60. The van der Waals surface area contributed by atoms with E-state index in [-0.39, 0.29) is 6.10 Å². The van der Waals surface area contributed by atoms with Crippen LogP contribution in [0.25, 0.3) is 0 Å². The summed E-state index contributed by atoms with van der Waals surface area (Å²) in [4.78, 5) is 10.8. The van der Waals surface area contributed by atoms with Crippen LogP contribution in [-0.4, -0.2) is 29.8 Å². The van der Waals surface area contributed by atoms with Crippen molar-refractivity contribution in [1.29, 1.82) is 0 Å². The summed E-state index contributed by atoms with van der Waals surface area (Å²) >= 11 is 0. The molecule has 0 saturated carbocycles. The lowest BCUT2D eigenvalue weighted by Crippen LogP contribution is -2.24. The number of hydrogen-bond acceptors (Lipinski definition) is 3. The summed E-state index contributed by atoms with van der Waals surface area (Å²) in [7, 11) is 0. The van der Waals surface area contributed by atoms with E-state index in [0.29, 0.717) is 13.0 Å². The van der Waals surface area contributed by atoms with Crippen LogP contribution in [0.1, 0.15) is 25.3 Å². The molecule has 0 spiro atoms. The van der Waals surface area contributed by atoms with Crippen LogP contribution in [0.2, 0.25) is 0 Å². The summed E-state index contributed by atoms with van der Waals surface area (Å²) in [5, 5.41) is 12.1. The van der Waals surface area contributed by atoms with E-state index in [1.165, 1.54) is 5.56 Å². The highest BCUT2D eigenvalue weighted by atomic mass is 16.5. The van der Waals surface area contributed by atoms with Gasteiger partial charge < -0.3 is 15.2 Å². The molecular weight excluding hydrogens is 230 g/mol. The maximum absolute atomic E-state index is 10.8. The van der Waals surface area contributed by atoms with Gasteiger partial charge in [0.25, 0.3) is 0 Å². The van der Waals surface area contributed by atoms with E-state index in [9.17, 15) is 4.79 Å². The van der Waals surface area contributed by atoms with Gasteiger partial charge in [-0.3, -0.25) is 0 Å². The summed E-state index contributed by atoms with van der Waals surface area (Å²) in [6, 6.07) is 8.25. The zero-order valence-electron chi connectivity index (χ0n) is 10.6. The Morgan fingerprint density at radius 2 is 2.33 bits per heavy atom. The van der Waals surface area contributed by atoms with Crippen molar-refractivity contribution in [2.45, 2.75) is 38.4 Å². The van der Waals surface area contributed by atoms with Crippen LogP contribution in [0.5, 0.6) is 0 Å². The minimum absolute atomic E-state index is 0.00335. The zero-order valence-corrected chi connectivity index (χ0v) is 10.6.